The van der Waals surface area contributed by atoms with Crippen molar-refractivity contribution in [3.05, 3.63) is 12.3 Å². The molecule has 0 radical (unpaired) electrons. The molecule has 116 valence electrons. The lowest BCUT2D eigenvalue weighted by molar-refractivity contribution is -0.729. The third-order valence-corrected chi connectivity index (χ3v) is 6.56. The van der Waals surface area contributed by atoms with Crippen LogP contribution in [0.4, 0.5) is 0 Å². The molecule has 1 aliphatic heterocycles. The number of hydroxylamine groups is 1. The Labute approximate surface area is 127 Å². The first-order valence-electron chi connectivity index (χ1n) is 8.46. The minimum atomic E-state index is -0.278. The second-order valence-corrected chi connectivity index (χ2v) is 8.42. The van der Waals surface area contributed by atoms with Gasteiger partial charge in [-0.1, -0.05) is 0 Å². The Morgan fingerprint density at radius 3 is 2.19 bits per heavy atom. The van der Waals surface area contributed by atoms with Crippen LogP contribution in [0, 0.1) is 23.2 Å². The standard InChI is InChI=1S/C17H27N2O2/c1-12(19(2)3-4-19)16(20)21-18-11-17-8-13-5-14(9-17)7-15(6-13)10-17/h13-15,18H,1,3-11H2,2H3/q+1. The van der Waals surface area contributed by atoms with Crippen LogP contribution in [0.5, 0.6) is 0 Å². The molecule has 4 saturated carbocycles. The fraction of sp³-hybridized carbons (Fsp3) is 0.824. The van der Waals surface area contributed by atoms with E-state index >= 15 is 0 Å². The van der Waals surface area contributed by atoms with Crippen molar-refractivity contribution in [2.24, 2.45) is 23.2 Å². The predicted molar refractivity (Wildman–Crippen MR) is 79.8 cm³/mol. The third kappa shape index (κ3) is 2.42. The molecular weight excluding hydrogens is 264 g/mol. The van der Waals surface area contributed by atoms with Crippen LogP contribution in [0.25, 0.3) is 0 Å². The van der Waals surface area contributed by atoms with Crippen LogP contribution in [0.3, 0.4) is 0 Å². The largest absolute Gasteiger partial charge is 0.410 e. The van der Waals surface area contributed by atoms with Crippen LogP contribution in [0.1, 0.15) is 38.5 Å². The molecule has 0 aromatic carbocycles. The molecule has 1 N–H and O–H groups in total. The van der Waals surface area contributed by atoms with Crippen LogP contribution < -0.4 is 5.48 Å². The first kappa shape index (κ1) is 13.8. The summed E-state index contributed by atoms with van der Waals surface area (Å²) in [7, 11) is 2.03. The first-order valence-corrected chi connectivity index (χ1v) is 8.46. The molecule has 4 heteroatoms. The molecule has 4 aliphatic carbocycles. The number of hydrogen-bond acceptors (Lipinski definition) is 3. The van der Waals surface area contributed by atoms with Crippen LogP contribution in [-0.4, -0.2) is 37.1 Å². The molecule has 0 aromatic heterocycles. The highest BCUT2D eigenvalue weighted by Gasteiger charge is 2.51. The zero-order chi connectivity index (χ0) is 14.7. The summed E-state index contributed by atoms with van der Waals surface area (Å²) in [5.41, 5.74) is 3.98. The maximum absolute atomic E-state index is 12.0. The van der Waals surface area contributed by atoms with Crippen LogP contribution in [-0.2, 0) is 9.63 Å². The third-order valence-electron chi connectivity index (χ3n) is 6.56. The molecule has 5 aliphatic rings. The number of hydrogen-bond donors (Lipinski definition) is 1. The summed E-state index contributed by atoms with van der Waals surface area (Å²) in [5.74, 6) is 2.53. The first-order chi connectivity index (χ1) is 9.98. The van der Waals surface area contributed by atoms with E-state index in [4.69, 9.17) is 4.84 Å². The van der Waals surface area contributed by atoms with Crippen molar-refractivity contribution in [2.75, 3.05) is 26.7 Å². The van der Waals surface area contributed by atoms with Gasteiger partial charge in [0.05, 0.1) is 7.05 Å². The van der Waals surface area contributed by atoms with Crippen molar-refractivity contribution in [3.63, 3.8) is 0 Å². The minimum absolute atomic E-state index is 0.278. The zero-order valence-corrected chi connectivity index (χ0v) is 13.1. The molecule has 5 fully saturated rings. The van der Waals surface area contributed by atoms with Crippen molar-refractivity contribution in [3.8, 4) is 0 Å². The Kier molecular flexibility index (Phi) is 2.99. The second-order valence-electron chi connectivity index (χ2n) is 8.42. The number of quaternary nitrogens is 1. The number of carbonyl (C=O) groups is 1. The van der Waals surface area contributed by atoms with Crippen LogP contribution in [0.15, 0.2) is 12.3 Å². The number of likely N-dealkylation sites (N-methyl/N-ethyl adjacent to an activating group) is 1. The molecule has 0 unspecified atom stereocenters. The smallest absolute Gasteiger partial charge is 0.363 e. The zero-order valence-electron chi connectivity index (χ0n) is 13.1. The quantitative estimate of drug-likeness (QED) is 0.365. The maximum atomic E-state index is 12.0. The molecular formula is C17H27N2O2+. The summed E-state index contributed by atoms with van der Waals surface area (Å²) in [4.78, 5) is 17.3. The molecule has 4 bridgehead atoms. The SMILES string of the molecule is C=C(C(=O)ONCC12CC3CC(CC(C3)C1)C2)[N+]1(C)CC1. The molecule has 0 atom stereocenters. The fourth-order valence-electron chi connectivity index (χ4n) is 5.46. The van der Waals surface area contributed by atoms with Gasteiger partial charge in [-0.3, -0.25) is 4.48 Å². The van der Waals surface area contributed by atoms with Crippen LogP contribution in [0.2, 0.25) is 0 Å². The highest BCUT2D eigenvalue weighted by Crippen LogP contribution is 2.59. The highest BCUT2D eigenvalue weighted by molar-refractivity contribution is 5.85. The van der Waals surface area contributed by atoms with E-state index in [2.05, 4.69) is 12.1 Å². The molecule has 0 aromatic rings. The van der Waals surface area contributed by atoms with Crippen molar-refractivity contribution in [1.82, 2.24) is 5.48 Å². The monoisotopic (exact) mass is 291 g/mol. The van der Waals surface area contributed by atoms with E-state index in [1.807, 2.05) is 7.05 Å². The molecule has 0 amide bonds. The Hall–Kier alpha value is -0.870. The topological polar surface area (TPSA) is 38.3 Å². The van der Waals surface area contributed by atoms with Crippen molar-refractivity contribution < 1.29 is 14.1 Å². The molecule has 5 rings (SSSR count). The average Bonchev–Trinajstić information content (AvgIpc) is 3.15. The number of rotatable bonds is 5. The number of carbonyl (C=O) groups excluding carboxylic acids is 1. The minimum Gasteiger partial charge on any atom is -0.363 e. The summed E-state index contributed by atoms with van der Waals surface area (Å²) >= 11 is 0. The second kappa shape index (κ2) is 4.56. The lowest BCUT2D eigenvalue weighted by Gasteiger charge is -2.56. The fourth-order valence-corrected chi connectivity index (χ4v) is 5.46. The summed E-state index contributed by atoms with van der Waals surface area (Å²) in [6.45, 7) is 6.73. The Bertz CT molecular complexity index is 446. The van der Waals surface area contributed by atoms with E-state index in [9.17, 15) is 4.79 Å². The van der Waals surface area contributed by atoms with Gasteiger partial charge in [0, 0.05) is 6.54 Å². The van der Waals surface area contributed by atoms with Gasteiger partial charge in [-0.25, -0.2) is 4.79 Å². The molecule has 0 spiro atoms. The molecule has 4 nitrogen and oxygen atoms in total. The van der Waals surface area contributed by atoms with Gasteiger partial charge >= 0.3 is 5.97 Å². The van der Waals surface area contributed by atoms with Gasteiger partial charge in [0.15, 0.2) is 0 Å². The van der Waals surface area contributed by atoms with Crippen molar-refractivity contribution in [2.45, 2.75) is 38.5 Å². The maximum Gasteiger partial charge on any atom is 0.410 e. The Balaban J connectivity index is 1.31. The predicted octanol–water partition coefficient (Wildman–Crippen LogP) is 2.22. The van der Waals surface area contributed by atoms with Gasteiger partial charge in [-0.2, -0.15) is 5.48 Å². The van der Waals surface area contributed by atoms with Crippen molar-refractivity contribution >= 4 is 5.97 Å². The number of nitrogens with zero attached hydrogens (tertiary/aromatic N) is 1. The van der Waals surface area contributed by atoms with E-state index < -0.39 is 0 Å². The van der Waals surface area contributed by atoms with E-state index in [0.717, 1.165) is 37.4 Å². The van der Waals surface area contributed by atoms with Gasteiger partial charge in [-0.15, -0.1) is 0 Å². The summed E-state index contributed by atoms with van der Waals surface area (Å²) < 4.78 is 0.651. The molecule has 1 saturated heterocycles. The highest BCUT2D eigenvalue weighted by atomic mass is 16.7. The van der Waals surface area contributed by atoms with Gasteiger partial charge in [-0.05, 0) is 68.3 Å². The lowest BCUT2D eigenvalue weighted by Crippen LogP contribution is -2.50. The van der Waals surface area contributed by atoms with E-state index in [1.165, 1.54) is 38.5 Å². The van der Waals surface area contributed by atoms with Crippen molar-refractivity contribution in [1.29, 1.82) is 0 Å². The van der Waals surface area contributed by atoms with Gasteiger partial charge in [0.25, 0.3) is 0 Å². The van der Waals surface area contributed by atoms with E-state index in [-0.39, 0.29) is 5.97 Å². The average molecular weight is 291 g/mol. The van der Waals surface area contributed by atoms with E-state index in [0.29, 0.717) is 15.6 Å². The molecule has 1 heterocycles. The van der Waals surface area contributed by atoms with Gasteiger partial charge in [0.2, 0.25) is 5.70 Å². The Morgan fingerprint density at radius 2 is 1.71 bits per heavy atom. The molecule has 21 heavy (non-hydrogen) atoms. The normalized spacial score (nSPS) is 41.9. The summed E-state index contributed by atoms with van der Waals surface area (Å²) in [6, 6.07) is 0. The summed E-state index contributed by atoms with van der Waals surface area (Å²) in [6.07, 6.45) is 8.35. The Morgan fingerprint density at radius 1 is 1.19 bits per heavy atom. The van der Waals surface area contributed by atoms with Gasteiger partial charge in [0.1, 0.15) is 13.1 Å². The van der Waals surface area contributed by atoms with Gasteiger partial charge < -0.3 is 4.84 Å². The lowest BCUT2D eigenvalue weighted by atomic mass is 9.49. The summed E-state index contributed by atoms with van der Waals surface area (Å²) in [5, 5.41) is 0. The number of nitrogens with one attached hydrogen (secondary N) is 1. The van der Waals surface area contributed by atoms with E-state index in [1.54, 1.807) is 0 Å². The van der Waals surface area contributed by atoms with Crippen LogP contribution >= 0.6 is 0 Å².